The van der Waals surface area contributed by atoms with E-state index in [1.807, 2.05) is 30.3 Å². The third-order valence-corrected chi connectivity index (χ3v) is 4.47. The predicted octanol–water partition coefficient (Wildman–Crippen LogP) is 3.48. The second-order valence-corrected chi connectivity index (χ2v) is 6.58. The van der Waals surface area contributed by atoms with Crippen molar-refractivity contribution in [3.63, 3.8) is 0 Å². The lowest BCUT2D eigenvalue weighted by Crippen LogP contribution is -2.22. The van der Waals surface area contributed by atoms with E-state index in [1.165, 1.54) is 18.3 Å². The number of H-pyrrole nitrogens is 1. The lowest BCUT2D eigenvalue weighted by atomic mass is 10.1. The molecule has 7 nitrogen and oxygen atoms in total. The number of hydrogen-bond donors (Lipinski definition) is 1. The van der Waals surface area contributed by atoms with Crippen LogP contribution in [-0.4, -0.2) is 30.9 Å². The predicted molar refractivity (Wildman–Crippen MR) is 110 cm³/mol. The minimum Gasteiger partial charge on any atom is -0.265 e. The van der Waals surface area contributed by atoms with Crippen LogP contribution in [0.2, 0.25) is 0 Å². The van der Waals surface area contributed by atoms with Crippen molar-refractivity contribution in [2.45, 2.75) is 6.92 Å². The van der Waals surface area contributed by atoms with E-state index in [4.69, 9.17) is 12.2 Å². The molecule has 0 unspecified atom stereocenters. The molecule has 2 heterocycles. The number of para-hydroxylation sites is 1. The zero-order valence-electron chi connectivity index (χ0n) is 15.3. The normalized spacial score (nSPS) is 11.2. The van der Waals surface area contributed by atoms with Gasteiger partial charge in [-0.1, -0.05) is 18.2 Å². The molecular weight excluding hydrogens is 391 g/mol. The molecule has 0 atom stereocenters. The van der Waals surface area contributed by atoms with Gasteiger partial charge in [0.15, 0.2) is 0 Å². The molecule has 4 rings (SSSR count). The van der Waals surface area contributed by atoms with Crippen LogP contribution in [-0.2, 0) is 0 Å². The summed E-state index contributed by atoms with van der Waals surface area (Å²) in [5.41, 5.74) is 2.62. The third-order valence-electron chi connectivity index (χ3n) is 4.21. The van der Waals surface area contributed by atoms with Crippen LogP contribution in [0, 0.1) is 17.5 Å². The zero-order chi connectivity index (χ0) is 20.4. The Morgan fingerprint density at radius 3 is 2.59 bits per heavy atom. The van der Waals surface area contributed by atoms with E-state index >= 15 is 0 Å². The quantitative estimate of drug-likeness (QED) is 0.416. The maximum Gasteiger partial charge on any atom is 0.296 e. The minimum absolute atomic E-state index is 0.0793. The summed E-state index contributed by atoms with van der Waals surface area (Å²) < 4.78 is 16.2. The molecular formula is C20H15FN6OS. The second-order valence-electron chi connectivity index (χ2n) is 6.20. The highest BCUT2D eigenvalue weighted by Gasteiger charge is 2.12. The van der Waals surface area contributed by atoms with Crippen molar-refractivity contribution >= 4 is 18.4 Å². The Balaban J connectivity index is 1.85. The van der Waals surface area contributed by atoms with Gasteiger partial charge >= 0.3 is 0 Å². The number of aromatic amines is 1. The largest absolute Gasteiger partial charge is 0.296 e. The van der Waals surface area contributed by atoms with Gasteiger partial charge in [0.1, 0.15) is 17.2 Å². The molecule has 29 heavy (non-hydrogen) atoms. The lowest BCUT2D eigenvalue weighted by Gasteiger charge is -2.01. The van der Waals surface area contributed by atoms with E-state index in [-0.39, 0.29) is 16.3 Å². The molecule has 0 aliphatic rings. The Hall–Kier alpha value is -3.72. The van der Waals surface area contributed by atoms with E-state index in [2.05, 4.69) is 20.4 Å². The fourth-order valence-electron chi connectivity index (χ4n) is 2.72. The Bertz CT molecular complexity index is 1310. The fraction of sp³-hybridized carbons (Fsp3) is 0.0500. The summed E-state index contributed by atoms with van der Waals surface area (Å²) in [6, 6.07) is 15.6. The molecule has 0 aliphatic heterocycles. The number of aryl methyl sites for hydroxylation is 1. The number of hydrogen-bond acceptors (Lipinski definition) is 5. The summed E-state index contributed by atoms with van der Waals surface area (Å²) in [5.74, 6) is -0.337. The van der Waals surface area contributed by atoms with Crippen molar-refractivity contribution in [2.75, 3.05) is 0 Å². The van der Waals surface area contributed by atoms with Crippen LogP contribution in [0.15, 0.2) is 70.7 Å². The van der Waals surface area contributed by atoms with E-state index in [0.717, 1.165) is 10.4 Å². The minimum atomic E-state index is -0.413. The Morgan fingerprint density at radius 2 is 1.86 bits per heavy atom. The first-order chi connectivity index (χ1) is 14.0. The Morgan fingerprint density at radius 1 is 1.14 bits per heavy atom. The number of halogens is 1. The first-order valence-corrected chi connectivity index (χ1v) is 9.07. The number of rotatable bonds is 4. The first-order valence-electron chi connectivity index (χ1n) is 8.66. The first kappa shape index (κ1) is 18.6. The van der Waals surface area contributed by atoms with E-state index < -0.39 is 5.56 Å². The van der Waals surface area contributed by atoms with Gasteiger partial charge in [-0.3, -0.25) is 9.89 Å². The van der Waals surface area contributed by atoms with Gasteiger partial charge in [-0.2, -0.15) is 20.0 Å². The van der Waals surface area contributed by atoms with Crippen LogP contribution in [0.1, 0.15) is 11.3 Å². The molecule has 0 aliphatic carbocycles. The van der Waals surface area contributed by atoms with Gasteiger partial charge in [0.2, 0.25) is 4.77 Å². The van der Waals surface area contributed by atoms with Crippen molar-refractivity contribution in [1.29, 1.82) is 0 Å². The van der Waals surface area contributed by atoms with Gasteiger partial charge in [-0.25, -0.2) is 9.07 Å². The summed E-state index contributed by atoms with van der Waals surface area (Å²) in [6.45, 7) is 1.57. The monoisotopic (exact) mass is 406 g/mol. The molecule has 144 valence electrons. The SMILES string of the molecule is Cc1n[nH]c(=S)n(/N=C\c2cn(-c3ccccc3)nc2-c2ccc(F)cc2)c1=O. The van der Waals surface area contributed by atoms with Gasteiger partial charge in [0.25, 0.3) is 5.56 Å². The van der Waals surface area contributed by atoms with Crippen LogP contribution >= 0.6 is 12.2 Å². The molecule has 0 amide bonds. The standard InChI is InChI=1S/C20H15FN6OS/c1-13-19(28)27(20(29)24-23-13)22-11-15-12-26(17-5-3-2-4-6-17)25-18(15)14-7-9-16(21)10-8-14/h2-12H,1H3,(H,24,29)/b22-11-. The number of benzene rings is 2. The molecule has 9 heteroatoms. The molecule has 0 bridgehead atoms. The van der Waals surface area contributed by atoms with Crippen LogP contribution in [0.4, 0.5) is 4.39 Å². The molecule has 0 fully saturated rings. The van der Waals surface area contributed by atoms with E-state index in [9.17, 15) is 9.18 Å². The molecule has 0 spiro atoms. The molecule has 0 saturated heterocycles. The van der Waals surface area contributed by atoms with Crippen LogP contribution < -0.4 is 5.56 Å². The summed E-state index contributed by atoms with van der Waals surface area (Å²) in [7, 11) is 0. The average molecular weight is 406 g/mol. The molecule has 4 aromatic rings. The van der Waals surface area contributed by atoms with Crippen LogP contribution in [0.25, 0.3) is 16.9 Å². The molecule has 2 aromatic heterocycles. The summed E-state index contributed by atoms with van der Waals surface area (Å²) in [4.78, 5) is 12.3. The van der Waals surface area contributed by atoms with Crippen molar-refractivity contribution in [1.82, 2.24) is 24.7 Å². The van der Waals surface area contributed by atoms with Crippen molar-refractivity contribution in [3.05, 3.63) is 93.0 Å². The van der Waals surface area contributed by atoms with Gasteiger partial charge in [0, 0.05) is 17.3 Å². The number of nitrogens with zero attached hydrogens (tertiary/aromatic N) is 5. The highest BCUT2D eigenvalue weighted by atomic mass is 32.1. The Labute approximate surface area is 169 Å². The van der Waals surface area contributed by atoms with E-state index in [1.54, 1.807) is 29.9 Å². The highest BCUT2D eigenvalue weighted by molar-refractivity contribution is 7.71. The van der Waals surface area contributed by atoms with Crippen molar-refractivity contribution < 1.29 is 4.39 Å². The fourth-order valence-corrected chi connectivity index (χ4v) is 2.90. The lowest BCUT2D eigenvalue weighted by molar-refractivity contribution is 0.628. The molecule has 0 radical (unpaired) electrons. The average Bonchev–Trinajstić information content (AvgIpc) is 3.16. The Kier molecular flexibility index (Phi) is 4.96. The molecule has 1 N–H and O–H groups in total. The van der Waals surface area contributed by atoms with E-state index in [0.29, 0.717) is 16.8 Å². The van der Waals surface area contributed by atoms with Gasteiger partial charge in [-0.15, -0.1) is 0 Å². The van der Waals surface area contributed by atoms with Crippen LogP contribution in [0.3, 0.4) is 0 Å². The van der Waals surface area contributed by atoms with Gasteiger partial charge < -0.3 is 0 Å². The number of aromatic nitrogens is 5. The molecule has 2 aromatic carbocycles. The van der Waals surface area contributed by atoms with Crippen molar-refractivity contribution in [3.8, 4) is 16.9 Å². The summed E-state index contributed by atoms with van der Waals surface area (Å²) in [5, 5.41) is 15.3. The van der Waals surface area contributed by atoms with Crippen LogP contribution in [0.5, 0.6) is 0 Å². The third kappa shape index (κ3) is 3.81. The number of nitrogens with one attached hydrogen (secondary N) is 1. The second kappa shape index (κ2) is 7.72. The summed E-state index contributed by atoms with van der Waals surface area (Å²) in [6.07, 6.45) is 3.28. The zero-order valence-corrected chi connectivity index (χ0v) is 16.1. The van der Waals surface area contributed by atoms with Gasteiger partial charge in [-0.05, 0) is 55.5 Å². The summed E-state index contributed by atoms with van der Waals surface area (Å²) >= 11 is 5.11. The van der Waals surface area contributed by atoms with Crippen molar-refractivity contribution in [2.24, 2.45) is 5.10 Å². The molecule has 0 saturated carbocycles. The smallest absolute Gasteiger partial charge is 0.265 e. The topological polar surface area (TPSA) is 80.9 Å². The van der Waals surface area contributed by atoms with Gasteiger partial charge in [0.05, 0.1) is 11.9 Å². The maximum atomic E-state index is 13.4. The highest BCUT2D eigenvalue weighted by Crippen LogP contribution is 2.23. The maximum absolute atomic E-state index is 13.4.